The fourth-order valence-electron chi connectivity index (χ4n) is 3.40. The summed E-state index contributed by atoms with van der Waals surface area (Å²) in [5.74, 6) is 1.28. The van der Waals surface area contributed by atoms with Crippen molar-refractivity contribution in [3.05, 3.63) is 17.5 Å². The van der Waals surface area contributed by atoms with Crippen LogP contribution in [-0.2, 0) is 11.2 Å². The van der Waals surface area contributed by atoms with Gasteiger partial charge in [0.15, 0.2) is 0 Å². The second-order valence-corrected chi connectivity index (χ2v) is 7.20. The Balaban J connectivity index is 1.48. The minimum absolute atomic E-state index is 0.0557. The molecule has 1 aromatic heterocycles. The Morgan fingerprint density at radius 1 is 1.39 bits per heavy atom. The average molecular weight is 320 g/mol. The first-order valence-electron chi connectivity index (χ1n) is 8.75. The number of rotatable bonds is 5. The Hall–Kier alpha value is -1.40. The molecule has 23 heavy (non-hydrogen) atoms. The van der Waals surface area contributed by atoms with Gasteiger partial charge in [-0.1, -0.05) is 13.8 Å². The van der Waals surface area contributed by atoms with Gasteiger partial charge in [0, 0.05) is 45.0 Å². The van der Waals surface area contributed by atoms with E-state index in [4.69, 9.17) is 4.74 Å². The molecule has 6 heteroatoms. The third-order valence-corrected chi connectivity index (χ3v) is 4.68. The molecule has 1 aromatic rings. The van der Waals surface area contributed by atoms with Crippen molar-refractivity contribution in [1.82, 2.24) is 20.0 Å². The van der Waals surface area contributed by atoms with Gasteiger partial charge in [-0.05, 0) is 30.7 Å². The Labute approximate surface area is 138 Å². The van der Waals surface area contributed by atoms with Crippen LogP contribution in [-0.4, -0.2) is 71.8 Å². The van der Waals surface area contributed by atoms with E-state index in [1.165, 1.54) is 6.42 Å². The number of nitrogens with one attached hydrogen (secondary N) is 1. The number of amides is 1. The molecular formula is C17H28N4O2. The molecule has 0 aliphatic carbocycles. The van der Waals surface area contributed by atoms with Crippen molar-refractivity contribution in [1.29, 1.82) is 0 Å². The van der Waals surface area contributed by atoms with Crippen LogP contribution in [0.3, 0.4) is 0 Å². The molecule has 1 amide bonds. The highest BCUT2D eigenvalue weighted by Crippen LogP contribution is 2.16. The molecule has 0 spiro atoms. The SMILES string of the molecule is CC(C)Cc1cc(C(=O)N2CCN(C[C@@H]3CCOC3)CC2)n[nH]1. The summed E-state index contributed by atoms with van der Waals surface area (Å²) < 4.78 is 5.44. The van der Waals surface area contributed by atoms with E-state index >= 15 is 0 Å². The molecule has 0 saturated carbocycles. The molecule has 2 aliphatic rings. The van der Waals surface area contributed by atoms with Crippen LogP contribution < -0.4 is 0 Å². The van der Waals surface area contributed by atoms with Gasteiger partial charge in [0.25, 0.3) is 5.91 Å². The van der Waals surface area contributed by atoms with Crippen LogP contribution in [0, 0.1) is 11.8 Å². The van der Waals surface area contributed by atoms with Gasteiger partial charge in [-0.25, -0.2) is 0 Å². The lowest BCUT2D eigenvalue weighted by atomic mass is 10.1. The normalized spacial score (nSPS) is 22.9. The van der Waals surface area contributed by atoms with E-state index in [2.05, 4.69) is 28.9 Å². The minimum Gasteiger partial charge on any atom is -0.381 e. The zero-order valence-electron chi connectivity index (χ0n) is 14.3. The van der Waals surface area contributed by atoms with Crippen LogP contribution in [0.15, 0.2) is 6.07 Å². The van der Waals surface area contributed by atoms with E-state index in [0.29, 0.717) is 17.5 Å². The fraction of sp³-hybridized carbons (Fsp3) is 0.765. The summed E-state index contributed by atoms with van der Waals surface area (Å²) in [6.45, 7) is 10.7. The van der Waals surface area contributed by atoms with Crippen LogP contribution in [0.2, 0.25) is 0 Å². The summed E-state index contributed by atoms with van der Waals surface area (Å²) in [6.07, 6.45) is 2.10. The van der Waals surface area contributed by atoms with Crippen LogP contribution in [0.25, 0.3) is 0 Å². The number of ether oxygens (including phenoxy) is 1. The van der Waals surface area contributed by atoms with E-state index in [1.807, 2.05) is 11.0 Å². The maximum absolute atomic E-state index is 12.6. The number of carbonyl (C=O) groups excluding carboxylic acids is 1. The molecule has 2 fully saturated rings. The second kappa shape index (κ2) is 7.45. The van der Waals surface area contributed by atoms with E-state index in [1.54, 1.807) is 0 Å². The molecule has 0 radical (unpaired) electrons. The predicted octanol–water partition coefficient (Wildman–Crippen LogP) is 1.40. The molecule has 6 nitrogen and oxygen atoms in total. The molecule has 0 aromatic carbocycles. The van der Waals surface area contributed by atoms with Crippen molar-refractivity contribution >= 4 is 5.91 Å². The number of carbonyl (C=O) groups is 1. The van der Waals surface area contributed by atoms with Crippen LogP contribution in [0.4, 0.5) is 0 Å². The predicted molar refractivity (Wildman–Crippen MR) is 88.4 cm³/mol. The highest BCUT2D eigenvalue weighted by Gasteiger charge is 2.26. The second-order valence-electron chi connectivity index (χ2n) is 7.20. The first-order valence-corrected chi connectivity index (χ1v) is 8.75. The molecule has 0 bridgehead atoms. The molecule has 0 unspecified atom stereocenters. The van der Waals surface area contributed by atoms with Gasteiger partial charge >= 0.3 is 0 Å². The number of hydrogen-bond donors (Lipinski definition) is 1. The lowest BCUT2D eigenvalue weighted by molar-refractivity contribution is 0.0605. The maximum atomic E-state index is 12.6. The summed E-state index contributed by atoms with van der Waals surface area (Å²) >= 11 is 0. The maximum Gasteiger partial charge on any atom is 0.274 e. The highest BCUT2D eigenvalue weighted by atomic mass is 16.5. The largest absolute Gasteiger partial charge is 0.381 e. The smallest absolute Gasteiger partial charge is 0.274 e. The number of aromatic amines is 1. The monoisotopic (exact) mass is 320 g/mol. The Morgan fingerprint density at radius 2 is 2.17 bits per heavy atom. The van der Waals surface area contributed by atoms with Crippen molar-refractivity contribution in [3.8, 4) is 0 Å². The van der Waals surface area contributed by atoms with Crippen molar-refractivity contribution in [2.45, 2.75) is 26.7 Å². The zero-order valence-corrected chi connectivity index (χ0v) is 14.3. The summed E-state index contributed by atoms with van der Waals surface area (Å²) in [5, 5.41) is 7.19. The van der Waals surface area contributed by atoms with Gasteiger partial charge < -0.3 is 9.64 Å². The van der Waals surface area contributed by atoms with Crippen molar-refractivity contribution in [3.63, 3.8) is 0 Å². The number of hydrogen-bond acceptors (Lipinski definition) is 4. The first kappa shape index (κ1) is 16.5. The Morgan fingerprint density at radius 3 is 2.83 bits per heavy atom. The minimum atomic E-state index is 0.0557. The standard InChI is InChI=1S/C17H28N4O2/c1-13(2)9-15-10-16(19-18-15)17(22)21-6-4-20(5-7-21)11-14-3-8-23-12-14/h10,13-14H,3-9,11-12H2,1-2H3,(H,18,19)/t14-/m0/s1. The van der Waals surface area contributed by atoms with Crippen molar-refractivity contribution in [2.75, 3.05) is 45.9 Å². The van der Waals surface area contributed by atoms with Gasteiger partial charge in [0.05, 0.1) is 6.61 Å². The summed E-state index contributed by atoms with van der Waals surface area (Å²) in [6, 6.07) is 1.91. The molecule has 2 saturated heterocycles. The lowest BCUT2D eigenvalue weighted by Crippen LogP contribution is -2.49. The van der Waals surface area contributed by atoms with Gasteiger partial charge in [0.2, 0.25) is 0 Å². The van der Waals surface area contributed by atoms with Crippen molar-refractivity contribution < 1.29 is 9.53 Å². The molecule has 2 aliphatic heterocycles. The fourth-order valence-corrected chi connectivity index (χ4v) is 3.40. The quantitative estimate of drug-likeness (QED) is 0.891. The molecular weight excluding hydrogens is 292 g/mol. The summed E-state index contributed by atoms with van der Waals surface area (Å²) in [4.78, 5) is 16.9. The van der Waals surface area contributed by atoms with Crippen molar-refractivity contribution in [2.24, 2.45) is 11.8 Å². The molecule has 1 N–H and O–H groups in total. The van der Waals surface area contributed by atoms with E-state index < -0.39 is 0 Å². The molecule has 1 atom stereocenters. The molecule has 3 rings (SSSR count). The molecule has 128 valence electrons. The van der Waals surface area contributed by atoms with Gasteiger partial charge in [0.1, 0.15) is 5.69 Å². The van der Waals surface area contributed by atoms with E-state index in [9.17, 15) is 4.79 Å². The highest BCUT2D eigenvalue weighted by molar-refractivity contribution is 5.92. The van der Waals surface area contributed by atoms with Gasteiger partial charge in [-0.2, -0.15) is 5.10 Å². The van der Waals surface area contributed by atoms with Gasteiger partial charge in [-0.3, -0.25) is 14.8 Å². The first-order chi connectivity index (χ1) is 11.1. The third kappa shape index (κ3) is 4.32. The van der Waals surface area contributed by atoms with Crippen LogP contribution in [0.1, 0.15) is 36.5 Å². The Bertz CT molecular complexity index is 514. The topological polar surface area (TPSA) is 61.5 Å². The molecule has 3 heterocycles. The number of nitrogens with zero attached hydrogens (tertiary/aromatic N) is 3. The Kier molecular flexibility index (Phi) is 5.33. The van der Waals surface area contributed by atoms with E-state index in [-0.39, 0.29) is 5.91 Å². The summed E-state index contributed by atoms with van der Waals surface area (Å²) in [5.41, 5.74) is 1.60. The summed E-state index contributed by atoms with van der Waals surface area (Å²) in [7, 11) is 0. The third-order valence-electron chi connectivity index (χ3n) is 4.68. The van der Waals surface area contributed by atoms with Crippen LogP contribution >= 0.6 is 0 Å². The van der Waals surface area contributed by atoms with Crippen LogP contribution in [0.5, 0.6) is 0 Å². The van der Waals surface area contributed by atoms with E-state index in [0.717, 1.165) is 58.1 Å². The zero-order chi connectivity index (χ0) is 16.2. The van der Waals surface area contributed by atoms with Gasteiger partial charge in [-0.15, -0.1) is 0 Å². The number of piperazine rings is 1. The number of H-pyrrole nitrogens is 1. The lowest BCUT2D eigenvalue weighted by Gasteiger charge is -2.35. The average Bonchev–Trinajstić information content (AvgIpc) is 3.19. The number of aromatic nitrogens is 2.